The van der Waals surface area contributed by atoms with Gasteiger partial charge in [-0.15, -0.1) is 0 Å². The molecule has 2 rings (SSSR count). The maximum Gasteiger partial charge on any atom is 0.185 e. The van der Waals surface area contributed by atoms with Crippen molar-refractivity contribution in [3.63, 3.8) is 0 Å². The fraction of sp³-hybridized carbons (Fsp3) is 0.0625. The molecule has 0 N–H and O–H groups in total. The van der Waals surface area contributed by atoms with Crippen molar-refractivity contribution in [1.82, 2.24) is 0 Å². The van der Waals surface area contributed by atoms with Crippen LogP contribution in [0.15, 0.2) is 57.5 Å². The van der Waals surface area contributed by atoms with Gasteiger partial charge in [-0.2, -0.15) is 0 Å². The second-order valence-corrected chi connectivity index (χ2v) is 5.93. The van der Waals surface area contributed by atoms with E-state index in [-0.39, 0.29) is 5.78 Å². The van der Waals surface area contributed by atoms with Gasteiger partial charge in [0.1, 0.15) is 5.75 Å². The Hall–Kier alpha value is -1.39. The Morgan fingerprint density at radius 3 is 2.55 bits per heavy atom. The Morgan fingerprint density at radius 1 is 1.10 bits per heavy atom. The molecule has 20 heavy (non-hydrogen) atoms. The molecule has 4 heteroatoms. The second-order valence-electron chi connectivity index (χ2n) is 4.09. The van der Waals surface area contributed by atoms with Crippen LogP contribution in [-0.4, -0.2) is 12.9 Å². The van der Waals surface area contributed by atoms with Gasteiger partial charge >= 0.3 is 0 Å². The van der Waals surface area contributed by atoms with Gasteiger partial charge in [0.05, 0.1) is 7.11 Å². The predicted octanol–water partition coefficient (Wildman–Crippen LogP) is 5.12. The fourth-order valence-electron chi connectivity index (χ4n) is 1.74. The van der Waals surface area contributed by atoms with Crippen molar-refractivity contribution < 1.29 is 9.53 Å². The molecule has 0 saturated heterocycles. The molecule has 2 aromatic rings. The summed E-state index contributed by atoms with van der Waals surface area (Å²) in [4.78, 5) is 12.1. The van der Waals surface area contributed by atoms with E-state index in [1.165, 1.54) is 0 Å². The average Bonchev–Trinajstić information content (AvgIpc) is 2.45. The number of rotatable bonds is 4. The number of ketones is 1. The topological polar surface area (TPSA) is 26.3 Å². The van der Waals surface area contributed by atoms with Gasteiger partial charge in [-0.05, 0) is 42.5 Å². The van der Waals surface area contributed by atoms with Gasteiger partial charge in [0.25, 0.3) is 0 Å². The summed E-state index contributed by atoms with van der Waals surface area (Å²) in [6, 6.07) is 13.0. The van der Waals surface area contributed by atoms with Crippen molar-refractivity contribution in [1.29, 1.82) is 0 Å². The van der Waals surface area contributed by atoms with Crippen LogP contribution in [-0.2, 0) is 0 Å². The summed E-state index contributed by atoms with van der Waals surface area (Å²) >= 11 is 6.76. The van der Waals surface area contributed by atoms with E-state index in [0.29, 0.717) is 5.56 Å². The Morgan fingerprint density at radius 2 is 1.85 bits per heavy atom. The molecule has 0 spiro atoms. The molecule has 0 atom stereocenters. The number of carbonyl (C=O) groups excluding carboxylic acids is 1. The summed E-state index contributed by atoms with van der Waals surface area (Å²) in [6.07, 6.45) is 3.30. The third-order valence-electron chi connectivity index (χ3n) is 2.72. The van der Waals surface area contributed by atoms with Crippen LogP contribution in [0.2, 0.25) is 0 Å². The molecule has 0 radical (unpaired) electrons. The summed E-state index contributed by atoms with van der Waals surface area (Å²) in [5, 5.41) is 0. The zero-order valence-electron chi connectivity index (χ0n) is 10.8. The van der Waals surface area contributed by atoms with Gasteiger partial charge in [0.2, 0.25) is 0 Å². The van der Waals surface area contributed by atoms with Gasteiger partial charge in [0.15, 0.2) is 5.78 Å². The van der Waals surface area contributed by atoms with E-state index < -0.39 is 0 Å². The number of methoxy groups -OCH3 is 1. The maximum atomic E-state index is 12.1. The van der Waals surface area contributed by atoms with Crippen LogP contribution >= 0.6 is 31.9 Å². The highest BCUT2D eigenvalue weighted by Gasteiger charge is 2.04. The highest BCUT2D eigenvalue weighted by Crippen LogP contribution is 2.24. The number of benzene rings is 2. The Balaban J connectivity index is 2.25. The molecule has 102 valence electrons. The first-order valence-corrected chi connectivity index (χ1v) is 7.50. The van der Waals surface area contributed by atoms with Crippen LogP contribution in [0, 0.1) is 0 Å². The van der Waals surface area contributed by atoms with Gasteiger partial charge in [-0.3, -0.25) is 4.79 Å². The third-order valence-corrected chi connectivity index (χ3v) is 3.70. The highest BCUT2D eigenvalue weighted by atomic mass is 79.9. The SMILES string of the molecule is COc1ccc(Br)cc1/C=C/C(=O)c1cccc(Br)c1. The molecule has 0 fully saturated rings. The molecule has 2 nitrogen and oxygen atoms in total. The molecule has 0 unspecified atom stereocenters. The standard InChI is InChI=1S/C16H12Br2O2/c1-20-16-8-6-14(18)10-12(16)5-7-15(19)11-3-2-4-13(17)9-11/h2-10H,1H3/b7-5+. The van der Waals surface area contributed by atoms with Crippen molar-refractivity contribution in [2.45, 2.75) is 0 Å². The number of carbonyl (C=O) groups is 1. The molecule has 2 aromatic carbocycles. The lowest BCUT2D eigenvalue weighted by Crippen LogP contribution is -1.94. The lowest BCUT2D eigenvalue weighted by atomic mass is 10.1. The van der Waals surface area contributed by atoms with E-state index in [2.05, 4.69) is 31.9 Å². The van der Waals surface area contributed by atoms with E-state index >= 15 is 0 Å². The molecule has 0 saturated carbocycles. The first kappa shape index (κ1) is 15.0. The van der Waals surface area contributed by atoms with E-state index in [4.69, 9.17) is 4.74 Å². The quantitative estimate of drug-likeness (QED) is 0.530. The van der Waals surface area contributed by atoms with Crippen molar-refractivity contribution in [2.75, 3.05) is 7.11 Å². The third kappa shape index (κ3) is 3.81. The summed E-state index contributed by atoms with van der Waals surface area (Å²) in [6.45, 7) is 0. The van der Waals surface area contributed by atoms with E-state index in [1.807, 2.05) is 30.3 Å². The fourth-order valence-corrected chi connectivity index (χ4v) is 2.52. The van der Waals surface area contributed by atoms with Crippen molar-refractivity contribution in [3.8, 4) is 5.75 Å². The Labute approximate surface area is 134 Å². The molecule has 0 aliphatic heterocycles. The van der Waals surface area contributed by atoms with Crippen LogP contribution < -0.4 is 4.74 Å². The Kier molecular flexibility index (Phi) is 5.15. The zero-order valence-corrected chi connectivity index (χ0v) is 13.9. The van der Waals surface area contributed by atoms with E-state index in [1.54, 1.807) is 31.4 Å². The molecule has 0 aliphatic carbocycles. The molecule has 0 aliphatic rings. The number of hydrogen-bond donors (Lipinski definition) is 0. The smallest absolute Gasteiger partial charge is 0.185 e. The van der Waals surface area contributed by atoms with Gasteiger partial charge in [-0.25, -0.2) is 0 Å². The van der Waals surface area contributed by atoms with E-state index in [0.717, 1.165) is 20.3 Å². The molecular formula is C16H12Br2O2. The number of hydrogen-bond acceptors (Lipinski definition) is 2. The second kappa shape index (κ2) is 6.86. The Bertz CT molecular complexity index is 663. The van der Waals surface area contributed by atoms with Crippen molar-refractivity contribution in [3.05, 3.63) is 68.6 Å². The first-order chi connectivity index (χ1) is 9.60. The summed E-state index contributed by atoms with van der Waals surface area (Å²) < 4.78 is 7.09. The van der Waals surface area contributed by atoms with Crippen LogP contribution in [0.25, 0.3) is 6.08 Å². The van der Waals surface area contributed by atoms with Gasteiger partial charge < -0.3 is 4.74 Å². The molecule has 0 bridgehead atoms. The molecule has 0 heterocycles. The lowest BCUT2D eigenvalue weighted by Gasteiger charge is -2.04. The number of halogens is 2. The van der Waals surface area contributed by atoms with Crippen molar-refractivity contribution in [2.24, 2.45) is 0 Å². The minimum absolute atomic E-state index is 0.0478. The first-order valence-electron chi connectivity index (χ1n) is 5.91. The number of ether oxygens (including phenoxy) is 1. The molecular weight excluding hydrogens is 384 g/mol. The maximum absolute atomic E-state index is 12.1. The molecule has 0 amide bonds. The van der Waals surface area contributed by atoms with Crippen LogP contribution in [0.3, 0.4) is 0 Å². The predicted molar refractivity (Wildman–Crippen MR) is 88.2 cm³/mol. The lowest BCUT2D eigenvalue weighted by molar-refractivity contribution is 0.104. The minimum Gasteiger partial charge on any atom is -0.496 e. The summed E-state index contributed by atoms with van der Waals surface area (Å²) in [5.41, 5.74) is 1.50. The summed E-state index contributed by atoms with van der Waals surface area (Å²) in [5.74, 6) is 0.680. The average molecular weight is 396 g/mol. The van der Waals surface area contributed by atoms with Crippen LogP contribution in [0.4, 0.5) is 0 Å². The van der Waals surface area contributed by atoms with Crippen LogP contribution in [0.1, 0.15) is 15.9 Å². The normalized spacial score (nSPS) is 10.8. The number of allylic oxidation sites excluding steroid dienone is 1. The summed E-state index contributed by atoms with van der Waals surface area (Å²) in [7, 11) is 1.61. The highest BCUT2D eigenvalue weighted by molar-refractivity contribution is 9.10. The van der Waals surface area contributed by atoms with Crippen molar-refractivity contribution >= 4 is 43.7 Å². The van der Waals surface area contributed by atoms with Crippen LogP contribution in [0.5, 0.6) is 5.75 Å². The molecule has 0 aromatic heterocycles. The largest absolute Gasteiger partial charge is 0.496 e. The van der Waals surface area contributed by atoms with Gasteiger partial charge in [-0.1, -0.05) is 44.0 Å². The van der Waals surface area contributed by atoms with Gasteiger partial charge in [0, 0.05) is 20.1 Å². The minimum atomic E-state index is -0.0478. The zero-order chi connectivity index (χ0) is 14.5. The monoisotopic (exact) mass is 394 g/mol. The van der Waals surface area contributed by atoms with E-state index in [9.17, 15) is 4.79 Å².